The van der Waals surface area contributed by atoms with Crippen molar-refractivity contribution < 1.29 is 18.0 Å². The molecule has 0 unspecified atom stereocenters. The Morgan fingerprint density at radius 2 is 1.64 bits per heavy atom. The van der Waals surface area contributed by atoms with E-state index in [1.54, 1.807) is 30.6 Å². The second-order valence-corrected chi connectivity index (χ2v) is 7.28. The van der Waals surface area contributed by atoms with Gasteiger partial charge in [-0.1, -0.05) is 66.7 Å². The van der Waals surface area contributed by atoms with E-state index in [0.717, 1.165) is 28.5 Å². The fourth-order valence-electron chi connectivity index (χ4n) is 3.48. The van der Waals surface area contributed by atoms with Crippen LogP contribution in [-0.4, -0.2) is 10.9 Å². The van der Waals surface area contributed by atoms with Crippen molar-refractivity contribution in [1.82, 2.24) is 4.98 Å². The second-order valence-electron chi connectivity index (χ2n) is 7.28. The van der Waals surface area contributed by atoms with Crippen molar-refractivity contribution >= 4 is 27.9 Å². The molecule has 0 aliphatic heterocycles. The van der Waals surface area contributed by atoms with E-state index in [2.05, 4.69) is 10.3 Å². The van der Waals surface area contributed by atoms with Gasteiger partial charge in [0, 0.05) is 34.9 Å². The summed E-state index contributed by atoms with van der Waals surface area (Å²) in [5, 5.41) is 4.59. The van der Waals surface area contributed by atoms with Gasteiger partial charge >= 0.3 is 6.18 Å². The number of fused-ring (bicyclic) bond motifs is 1. The number of alkyl halides is 3. The van der Waals surface area contributed by atoms with Crippen LogP contribution in [0.3, 0.4) is 0 Å². The van der Waals surface area contributed by atoms with Gasteiger partial charge in [-0.3, -0.25) is 9.78 Å². The summed E-state index contributed by atoms with van der Waals surface area (Å²) in [6, 6.07) is 21.5. The van der Waals surface area contributed by atoms with Crippen LogP contribution < -0.4 is 5.32 Å². The van der Waals surface area contributed by atoms with Crippen LogP contribution in [-0.2, 0) is 11.0 Å². The molecule has 0 fully saturated rings. The first kappa shape index (κ1) is 22.0. The Hall–Kier alpha value is -4.19. The summed E-state index contributed by atoms with van der Waals surface area (Å²) in [6.07, 6.45) is 3.43. The maximum atomic E-state index is 13.2. The van der Waals surface area contributed by atoms with E-state index < -0.39 is 11.7 Å². The largest absolute Gasteiger partial charge is 0.416 e. The van der Waals surface area contributed by atoms with E-state index in [1.165, 1.54) is 18.2 Å². The molecule has 0 bridgehead atoms. The summed E-state index contributed by atoms with van der Waals surface area (Å²) < 4.78 is 39.7. The van der Waals surface area contributed by atoms with Crippen LogP contribution in [0.25, 0.3) is 16.3 Å². The molecule has 3 aromatic carbocycles. The fourth-order valence-corrected chi connectivity index (χ4v) is 3.48. The monoisotopic (exact) mass is 444 g/mol. The molecule has 4 aromatic rings. The van der Waals surface area contributed by atoms with Crippen molar-refractivity contribution in [3.05, 3.63) is 126 Å². The quantitative estimate of drug-likeness (QED) is 0.269. The highest BCUT2D eigenvalue weighted by molar-refractivity contribution is 6.06. The zero-order chi connectivity index (χ0) is 23.3. The molecule has 3 nitrogen and oxygen atoms in total. The van der Waals surface area contributed by atoms with Crippen LogP contribution in [0.2, 0.25) is 0 Å². The lowest BCUT2D eigenvalue weighted by Gasteiger charge is -2.12. The molecule has 1 N–H and O–H groups in total. The third-order valence-corrected chi connectivity index (χ3v) is 5.03. The van der Waals surface area contributed by atoms with E-state index in [9.17, 15) is 18.0 Å². The van der Waals surface area contributed by atoms with Gasteiger partial charge in [0.25, 0.3) is 0 Å². The molecule has 4 rings (SSSR count). The lowest BCUT2D eigenvalue weighted by atomic mass is 9.96. The summed E-state index contributed by atoms with van der Waals surface area (Å²) in [5.74, 6) is -0.355. The number of allylic oxidation sites excluding steroid dienone is 2. The Balaban J connectivity index is 1.62. The summed E-state index contributed by atoms with van der Waals surface area (Å²) in [5.41, 5.74) is 1.64. The zero-order valence-corrected chi connectivity index (χ0v) is 17.4. The molecule has 0 saturated carbocycles. The molecule has 0 spiro atoms. The third-order valence-electron chi connectivity index (χ3n) is 5.03. The summed E-state index contributed by atoms with van der Waals surface area (Å²) in [7, 11) is 0. The first-order chi connectivity index (χ1) is 15.9. The molecule has 0 saturated heterocycles. The maximum Gasteiger partial charge on any atom is 0.416 e. The molecule has 0 radical (unpaired) electrons. The number of nitrogens with zero attached hydrogens (tertiary/aromatic N) is 1. The lowest BCUT2D eigenvalue weighted by molar-refractivity contribution is -0.137. The number of rotatable bonds is 5. The molecule has 1 heterocycles. The Kier molecular flexibility index (Phi) is 6.36. The molecular weight excluding hydrogens is 425 g/mol. The van der Waals surface area contributed by atoms with Crippen LogP contribution in [0.4, 0.5) is 18.9 Å². The third kappa shape index (κ3) is 5.36. The van der Waals surface area contributed by atoms with E-state index in [1.807, 2.05) is 48.5 Å². The normalized spacial score (nSPS) is 12.3. The van der Waals surface area contributed by atoms with Crippen LogP contribution in [0.15, 0.2) is 109 Å². The number of anilines is 1. The van der Waals surface area contributed by atoms with Gasteiger partial charge in [-0.15, -0.1) is 0 Å². The number of benzene rings is 3. The molecule has 1 aromatic heterocycles. The van der Waals surface area contributed by atoms with Gasteiger partial charge in [0.2, 0.25) is 5.91 Å². The highest BCUT2D eigenvalue weighted by atomic mass is 19.4. The number of amides is 1. The number of aromatic nitrogens is 1. The van der Waals surface area contributed by atoms with Gasteiger partial charge in [-0.05, 0) is 41.0 Å². The molecule has 0 atom stereocenters. The van der Waals surface area contributed by atoms with Crippen molar-refractivity contribution in [1.29, 1.82) is 0 Å². The lowest BCUT2D eigenvalue weighted by Crippen LogP contribution is -2.08. The molecule has 164 valence electrons. The minimum absolute atomic E-state index is 0.355. The molecule has 1 amide bonds. The minimum Gasteiger partial charge on any atom is -0.322 e. The van der Waals surface area contributed by atoms with Gasteiger partial charge in [-0.2, -0.15) is 13.2 Å². The van der Waals surface area contributed by atoms with Gasteiger partial charge in [-0.25, -0.2) is 0 Å². The maximum absolute atomic E-state index is 13.2. The summed E-state index contributed by atoms with van der Waals surface area (Å²) in [6.45, 7) is 0. The van der Waals surface area contributed by atoms with Gasteiger partial charge in [0.1, 0.15) is 0 Å². The van der Waals surface area contributed by atoms with Gasteiger partial charge in [0.15, 0.2) is 0 Å². The molecule has 6 heteroatoms. The predicted molar refractivity (Wildman–Crippen MR) is 124 cm³/mol. The zero-order valence-electron chi connectivity index (χ0n) is 17.4. The summed E-state index contributed by atoms with van der Waals surface area (Å²) in [4.78, 5) is 16.6. The smallest absolute Gasteiger partial charge is 0.322 e. The number of pyridine rings is 1. The minimum atomic E-state index is -4.44. The van der Waals surface area contributed by atoms with Crippen LogP contribution >= 0.6 is 0 Å². The average molecular weight is 444 g/mol. The van der Waals surface area contributed by atoms with Crippen LogP contribution in [0, 0.1) is 0 Å². The van der Waals surface area contributed by atoms with E-state index in [-0.39, 0.29) is 5.91 Å². The molecule has 33 heavy (non-hydrogen) atoms. The number of halogens is 3. The van der Waals surface area contributed by atoms with Crippen molar-refractivity contribution in [2.24, 2.45) is 0 Å². The number of hydrogen-bond donors (Lipinski definition) is 1. The Labute approximate surface area is 188 Å². The number of hydrogen-bond acceptors (Lipinski definition) is 2. The molecular formula is C27H19F3N2O. The fraction of sp³-hybridized carbons (Fsp3) is 0.0370. The average Bonchev–Trinajstić information content (AvgIpc) is 2.82. The summed E-state index contributed by atoms with van der Waals surface area (Å²) >= 11 is 0. The van der Waals surface area contributed by atoms with E-state index in [4.69, 9.17) is 0 Å². The topological polar surface area (TPSA) is 42.0 Å². The highest BCUT2D eigenvalue weighted by Gasteiger charge is 2.30. The van der Waals surface area contributed by atoms with Crippen molar-refractivity contribution in [3.8, 4) is 0 Å². The Morgan fingerprint density at radius 3 is 2.42 bits per heavy atom. The predicted octanol–water partition coefficient (Wildman–Crippen LogP) is 6.88. The first-order valence-corrected chi connectivity index (χ1v) is 10.2. The standard InChI is InChI=1S/C27H19F3N2O/c28-27(29,30)22-11-4-9-20(17-22)23(19-7-2-1-3-8-19)12-6-14-26(33)32-25-13-5-10-21-18-31-16-15-24(21)25/h1-18H,(H,32,33)/b14-6+,23-12+. The Morgan fingerprint density at radius 1 is 0.879 bits per heavy atom. The second kappa shape index (κ2) is 9.53. The van der Waals surface area contributed by atoms with Crippen LogP contribution in [0.1, 0.15) is 16.7 Å². The van der Waals surface area contributed by atoms with E-state index >= 15 is 0 Å². The van der Waals surface area contributed by atoms with Crippen molar-refractivity contribution in [2.75, 3.05) is 5.32 Å². The Bertz CT molecular complexity index is 1340. The first-order valence-electron chi connectivity index (χ1n) is 10.2. The van der Waals surface area contributed by atoms with E-state index in [0.29, 0.717) is 16.8 Å². The highest BCUT2D eigenvalue weighted by Crippen LogP contribution is 2.32. The van der Waals surface area contributed by atoms with Crippen LogP contribution in [0.5, 0.6) is 0 Å². The molecule has 0 aliphatic rings. The number of carbonyl (C=O) groups excluding carboxylic acids is 1. The van der Waals surface area contributed by atoms with Crippen molar-refractivity contribution in [3.63, 3.8) is 0 Å². The number of nitrogens with one attached hydrogen (secondary N) is 1. The molecule has 0 aliphatic carbocycles. The number of carbonyl (C=O) groups is 1. The van der Waals surface area contributed by atoms with Crippen molar-refractivity contribution in [2.45, 2.75) is 6.18 Å². The SMILES string of the molecule is O=C(/C=C/C=C(\c1ccccc1)c1cccc(C(F)(F)F)c1)Nc1cccc2cnccc12. The van der Waals surface area contributed by atoms with Gasteiger partial charge in [0.05, 0.1) is 5.56 Å². The van der Waals surface area contributed by atoms with Gasteiger partial charge < -0.3 is 5.32 Å².